The van der Waals surface area contributed by atoms with Crippen LogP contribution in [0.2, 0.25) is 0 Å². The zero-order valence-electron chi connectivity index (χ0n) is 51.0. The van der Waals surface area contributed by atoms with Crippen molar-refractivity contribution in [3.63, 3.8) is 0 Å². The third-order valence-electron chi connectivity index (χ3n) is 16.1. The molecular formula is C68H132O6. The van der Waals surface area contributed by atoms with Crippen molar-refractivity contribution in [3.05, 3.63) is 0 Å². The van der Waals surface area contributed by atoms with Gasteiger partial charge in [-0.2, -0.15) is 0 Å². The molecule has 0 amide bonds. The van der Waals surface area contributed by atoms with Crippen LogP contribution in [0.15, 0.2) is 0 Å². The van der Waals surface area contributed by atoms with Crippen LogP contribution in [0.4, 0.5) is 0 Å². The Bertz CT molecular complexity index is 1140. The molecule has 0 aliphatic carbocycles. The molecule has 0 saturated carbocycles. The number of hydrogen-bond acceptors (Lipinski definition) is 6. The molecule has 0 bridgehead atoms. The molecule has 0 aliphatic rings. The Labute approximate surface area is 463 Å². The maximum Gasteiger partial charge on any atom is 0.306 e. The summed E-state index contributed by atoms with van der Waals surface area (Å²) in [4.78, 5) is 38.4. The molecule has 440 valence electrons. The Balaban J connectivity index is 4.26. The molecule has 0 saturated heterocycles. The van der Waals surface area contributed by atoms with Gasteiger partial charge in [-0.15, -0.1) is 0 Å². The van der Waals surface area contributed by atoms with Gasteiger partial charge < -0.3 is 14.2 Å². The Morgan fingerprint density at radius 1 is 0.284 bits per heavy atom. The average molecular weight is 1050 g/mol. The smallest absolute Gasteiger partial charge is 0.306 e. The van der Waals surface area contributed by atoms with E-state index in [0.717, 1.165) is 69.6 Å². The van der Waals surface area contributed by atoms with Gasteiger partial charge in [0.05, 0.1) is 0 Å². The molecular weight excluding hydrogens is 913 g/mol. The van der Waals surface area contributed by atoms with Crippen LogP contribution in [0.25, 0.3) is 0 Å². The summed E-state index contributed by atoms with van der Waals surface area (Å²) in [5, 5.41) is 0. The second kappa shape index (κ2) is 60.6. The van der Waals surface area contributed by atoms with Gasteiger partial charge in [0.25, 0.3) is 0 Å². The molecule has 0 aromatic heterocycles. The molecule has 0 aliphatic heterocycles. The van der Waals surface area contributed by atoms with Crippen LogP contribution in [0.5, 0.6) is 0 Å². The summed E-state index contributed by atoms with van der Waals surface area (Å²) in [6.45, 7) is 11.5. The van der Waals surface area contributed by atoms with Crippen molar-refractivity contribution >= 4 is 17.9 Å². The summed E-state index contributed by atoms with van der Waals surface area (Å²) in [5.41, 5.74) is 0. The van der Waals surface area contributed by atoms with Crippen molar-refractivity contribution in [1.29, 1.82) is 0 Å². The molecule has 0 heterocycles. The van der Waals surface area contributed by atoms with Crippen LogP contribution in [0.1, 0.15) is 388 Å². The van der Waals surface area contributed by atoms with Gasteiger partial charge in [0, 0.05) is 19.3 Å². The number of carbonyl (C=O) groups is 3. The van der Waals surface area contributed by atoms with Gasteiger partial charge in [0.2, 0.25) is 0 Å². The molecule has 1 unspecified atom stereocenters. The summed E-state index contributed by atoms with van der Waals surface area (Å²) < 4.78 is 17.0. The lowest BCUT2D eigenvalue weighted by Crippen LogP contribution is -2.30. The highest BCUT2D eigenvalue weighted by Gasteiger charge is 2.20. The minimum Gasteiger partial charge on any atom is -0.462 e. The molecule has 0 spiro atoms. The second-order valence-corrected chi connectivity index (χ2v) is 24.2. The van der Waals surface area contributed by atoms with Gasteiger partial charge in [-0.3, -0.25) is 14.4 Å². The molecule has 74 heavy (non-hydrogen) atoms. The lowest BCUT2D eigenvalue weighted by molar-refractivity contribution is -0.167. The van der Waals surface area contributed by atoms with Gasteiger partial charge in [-0.1, -0.05) is 349 Å². The number of esters is 3. The van der Waals surface area contributed by atoms with E-state index in [2.05, 4.69) is 34.6 Å². The first kappa shape index (κ1) is 72.4. The number of rotatable bonds is 62. The maximum absolute atomic E-state index is 12.9. The second-order valence-electron chi connectivity index (χ2n) is 24.2. The largest absolute Gasteiger partial charge is 0.462 e. The van der Waals surface area contributed by atoms with E-state index in [1.54, 1.807) is 0 Å². The fraction of sp³-hybridized carbons (Fsp3) is 0.956. The van der Waals surface area contributed by atoms with E-state index in [1.807, 2.05) is 0 Å². The van der Waals surface area contributed by atoms with Crippen LogP contribution in [-0.4, -0.2) is 37.2 Å². The van der Waals surface area contributed by atoms with Crippen molar-refractivity contribution in [2.24, 2.45) is 11.8 Å². The van der Waals surface area contributed by atoms with Crippen LogP contribution in [0.3, 0.4) is 0 Å². The lowest BCUT2D eigenvalue weighted by Gasteiger charge is -2.18. The normalized spacial score (nSPS) is 12.4. The fourth-order valence-electron chi connectivity index (χ4n) is 10.6. The van der Waals surface area contributed by atoms with Crippen LogP contribution in [-0.2, 0) is 28.6 Å². The molecule has 0 fully saturated rings. The van der Waals surface area contributed by atoms with E-state index in [1.165, 1.54) is 276 Å². The van der Waals surface area contributed by atoms with E-state index in [4.69, 9.17) is 14.2 Å². The highest BCUT2D eigenvalue weighted by atomic mass is 16.6. The van der Waals surface area contributed by atoms with Gasteiger partial charge >= 0.3 is 17.9 Å². The van der Waals surface area contributed by atoms with Crippen molar-refractivity contribution in [3.8, 4) is 0 Å². The highest BCUT2D eigenvalue weighted by molar-refractivity contribution is 5.71. The Morgan fingerprint density at radius 2 is 0.514 bits per heavy atom. The molecule has 0 aromatic carbocycles. The number of ether oxygens (including phenoxy) is 3. The van der Waals surface area contributed by atoms with E-state index in [0.29, 0.717) is 19.3 Å². The molecule has 6 heteroatoms. The molecule has 0 rings (SSSR count). The Morgan fingerprint density at radius 3 is 0.770 bits per heavy atom. The molecule has 0 radical (unpaired) electrons. The van der Waals surface area contributed by atoms with Crippen LogP contribution in [0, 0.1) is 11.8 Å². The van der Waals surface area contributed by atoms with E-state index in [9.17, 15) is 14.4 Å². The molecule has 2 atom stereocenters. The van der Waals surface area contributed by atoms with E-state index >= 15 is 0 Å². The van der Waals surface area contributed by atoms with Crippen molar-refractivity contribution in [2.45, 2.75) is 394 Å². The summed E-state index contributed by atoms with van der Waals surface area (Å²) in [7, 11) is 0. The first-order valence-electron chi connectivity index (χ1n) is 33.8. The first-order valence-corrected chi connectivity index (χ1v) is 33.8. The minimum atomic E-state index is -0.764. The fourth-order valence-corrected chi connectivity index (χ4v) is 10.6. The summed E-state index contributed by atoms with van der Waals surface area (Å²) in [6, 6.07) is 0. The van der Waals surface area contributed by atoms with Crippen LogP contribution < -0.4 is 0 Å². The number of unbranched alkanes of at least 4 members (excludes halogenated alkanes) is 46. The Hall–Kier alpha value is -1.59. The molecule has 0 N–H and O–H groups in total. The van der Waals surface area contributed by atoms with Crippen molar-refractivity contribution < 1.29 is 28.6 Å². The third-order valence-corrected chi connectivity index (χ3v) is 16.1. The number of carbonyl (C=O) groups excluding carboxylic acids is 3. The van der Waals surface area contributed by atoms with Gasteiger partial charge in [-0.05, 0) is 31.1 Å². The Kier molecular flexibility index (Phi) is 59.3. The van der Waals surface area contributed by atoms with Crippen molar-refractivity contribution in [2.75, 3.05) is 13.2 Å². The van der Waals surface area contributed by atoms with E-state index in [-0.39, 0.29) is 31.1 Å². The number of hydrogen-bond donors (Lipinski definition) is 0. The van der Waals surface area contributed by atoms with Gasteiger partial charge in [0.15, 0.2) is 6.10 Å². The molecule has 6 nitrogen and oxygen atoms in total. The average Bonchev–Trinajstić information content (AvgIpc) is 3.39. The van der Waals surface area contributed by atoms with Gasteiger partial charge in [-0.25, -0.2) is 0 Å². The summed E-state index contributed by atoms with van der Waals surface area (Å²) in [6.07, 6.45) is 68.2. The zero-order valence-corrected chi connectivity index (χ0v) is 51.0. The highest BCUT2D eigenvalue weighted by Crippen LogP contribution is 2.20. The predicted octanol–water partition coefficient (Wildman–Crippen LogP) is 22.8. The van der Waals surface area contributed by atoms with E-state index < -0.39 is 6.10 Å². The standard InChI is InChI=1S/C68H132O6/c1-6-8-9-10-11-12-13-14-15-16-20-24-29-35-40-45-50-55-60-68(71)74-65(62-73-67(70)59-54-49-44-39-34-30-25-26-31-36-41-46-51-56-63(3)4)61-72-66(69)58-53-48-43-38-33-28-23-21-18-17-19-22-27-32-37-42-47-52-57-64(5)7-2/h63-65H,6-62H2,1-5H3/t64?,65-/m0/s1. The SMILES string of the molecule is CCCCCCCCCCCCCCCCCCCCC(=O)O[C@@H](COC(=O)CCCCCCCCCCCCCCCCCCCCC(C)CC)COC(=O)CCCCCCCCCCCCCCCC(C)C. The predicted molar refractivity (Wildman–Crippen MR) is 321 cm³/mol. The zero-order chi connectivity index (χ0) is 53.9. The van der Waals surface area contributed by atoms with Crippen LogP contribution >= 0.6 is 0 Å². The minimum absolute atomic E-state index is 0.0615. The quantitative estimate of drug-likeness (QED) is 0.0343. The monoisotopic (exact) mass is 1050 g/mol. The van der Waals surface area contributed by atoms with Crippen molar-refractivity contribution in [1.82, 2.24) is 0 Å². The third kappa shape index (κ3) is 59.7. The lowest BCUT2D eigenvalue weighted by atomic mass is 9.99. The van der Waals surface area contributed by atoms with Gasteiger partial charge in [0.1, 0.15) is 13.2 Å². The summed E-state index contributed by atoms with van der Waals surface area (Å²) in [5.74, 6) is 0.922. The maximum atomic E-state index is 12.9. The topological polar surface area (TPSA) is 78.9 Å². The first-order chi connectivity index (χ1) is 36.3. The summed E-state index contributed by atoms with van der Waals surface area (Å²) >= 11 is 0. The molecule has 0 aromatic rings.